The van der Waals surface area contributed by atoms with E-state index in [0.717, 1.165) is 60.5 Å². The van der Waals surface area contributed by atoms with Gasteiger partial charge in [0.1, 0.15) is 5.76 Å². The van der Waals surface area contributed by atoms with Gasteiger partial charge < -0.3 is 19.4 Å². The third kappa shape index (κ3) is 5.29. The number of aromatic nitrogens is 1. The molecule has 3 heterocycles. The SMILES string of the molecule is CCOC1CCN(C(=NC)NCc2ccc(-c3nc4ccccc4s3)o2)CC1.I. The smallest absolute Gasteiger partial charge is 0.194 e. The van der Waals surface area contributed by atoms with E-state index in [4.69, 9.17) is 9.15 Å². The van der Waals surface area contributed by atoms with Crippen molar-refractivity contribution in [2.75, 3.05) is 26.7 Å². The van der Waals surface area contributed by atoms with Crippen LogP contribution in [0.3, 0.4) is 0 Å². The largest absolute Gasteiger partial charge is 0.457 e. The Bertz CT molecular complexity index is 914. The molecule has 1 N–H and O–H groups in total. The van der Waals surface area contributed by atoms with Gasteiger partial charge in [0.05, 0.1) is 22.9 Å². The first kappa shape index (κ1) is 22.0. The number of thiazole rings is 1. The highest BCUT2D eigenvalue weighted by atomic mass is 127. The van der Waals surface area contributed by atoms with Gasteiger partial charge in [-0.25, -0.2) is 4.98 Å². The number of guanidine groups is 1. The van der Waals surface area contributed by atoms with E-state index >= 15 is 0 Å². The van der Waals surface area contributed by atoms with E-state index in [9.17, 15) is 0 Å². The number of nitrogens with zero attached hydrogens (tertiary/aromatic N) is 3. The summed E-state index contributed by atoms with van der Waals surface area (Å²) < 4.78 is 12.9. The molecule has 156 valence electrons. The zero-order valence-corrected chi connectivity index (χ0v) is 19.9. The summed E-state index contributed by atoms with van der Waals surface area (Å²) in [4.78, 5) is 11.4. The Morgan fingerprint density at radius 1 is 1.28 bits per heavy atom. The van der Waals surface area contributed by atoms with Gasteiger partial charge in [-0.2, -0.15) is 0 Å². The molecule has 1 saturated heterocycles. The van der Waals surface area contributed by atoms with Gasteiger partial charge >= 0.3 is 0 Å². The molecule has 0 unspecified atom stereocenters. The van der Waals surface area contributed by atoms with Gasteiger partial charge in [0.25, 0.3) is 0 Å². The highest BCUT2D eigenvalue weighted by Crippen LogP contribution is 2.31. The first-order chi connectivity index (χ1) is 13.8. The lowest BCUT2D eigenvalue weighted by molar-refractivity contribution is 0.0263. The van der Waals surface area contributed by atoms with Crippen molar-refractivity contribution in [3.8, 4) is 10.8 Å². The van der Waals surface area contributed by atoms with E-state index in [2.05, 4.69) is 33.2 Å². The Labute approximate surface area is 192 Å². The molecule has 0 amide bonds. The summed E-state index contributed by atoms with van der Waals surface area (Å²) in [6.07, 6.45) is 2.45. The molecule has 8 heteroatoms. The Hall–Kier alpha value is -1.65. The summed E-state index contributed by atoms with van der Waals surface area (Å²) in [6.45, 7) is 5.35. The minimum atomic E-state index is 0. The van der Waals surface area contributed by atoms with Crippen molar-refractivity contribution in [2.45, 2.75) is 32.4 Å². The van der Waals surface area contributed by atoms with E-state index in [1.165, 1.54) is 4.70 Å². The zero-order valence-electron chi connectivity index (χ0n) is 16.8. The van der Waals surface area contributed by atoms with E-state index in [1.807, 2.05) is 37.4 Å². The van der Waals surface area contributed by atoms with Crippen LogP contribution in [0.1, 0.15) is 25.5 Å². The lowest BCUT2D eigenvalue weighted by Crippen LogP contribution is -2.46. The van der Waals surface area contributed by atoms with E-state index in [-0.39, 0.29) is 24.0 Å². The maximum atomic E-state index is 6.02. The van der Waals surface area contributed by atoms with Gasteiger partial charge in [0.2, 0.25) is 0 Å². The molecule has 4 rings (SSSR count). The van der Waals surface area contributed by atoms with E-state index in [0.29, 0.717) is 12.6 Å². The van der Waals surface area contributed by atoms with Gasteiger partial charge in [-0.15, -0.1) is 35.3 Å². The Morgan fingerprint density at radius 2 is 2.07 bits per heavy atom. The van der Waals surface area contributed by atoms with Crippen molar-refractivity contribution in [1.82, 2.24) is 15.2 Å². The van der Waals surface area contributed by atoms with Crippen LogP contribution in [0.4, 0.5) is 0 Å². The number of hydrogen-bond donors (Lipinski definition) is 1. The number of para-hydroxylation sites is 1. The normalized spacial score (nSPS) is 15.5. The number of furan rings is 1. The van der Waals surface area contributed by atoms with Crippen LogP contribution in [0, 0.1) is 0 Å². The number of piperidine rings is 1. The molecule has 1 aliphatic heterocycles. The lowest BCUT2D eigenvalue weighted by atomic mass is 10.1. The van der Waals surface area contributed by atoms with Crippen LogP contribution in [0.5, 0.6) is 0 Å². The number of fused-ring (bicyclic) bond motifs is 1. The van der Waals surface area contributed by atoms with Gasteiger partial charge in [0.15, 0.2) is 16.7 Å². The highest BCUT2D eigenvalue weighted by molar-refractivity contribution is 14.0. The Morgan fingerprint density at radius 3 is 2.79 bits per heavy atom. The van der Waals surface area contributed by atoms with Gasteiger partial charge in [0, 0.05) is 26.7 Å². The van der Waals surface area contributed by atoms with Crippen LogP contribution in [0.2, 0.25) is 0 Å². The predicted molar refractivity (Wildman–Crippen MR) is 129 cm³/mol. The number of halogens is 1. The molecule has 6 nitrogen and oxygen atoms in total. The number of nitrogens with one attached hydrogen (secondary N) is 1. The average molecular weight is 526 g/mol. The fourth-order valence-corrected chi connectivity index (χ4v) is 4.46. The van der Waals surface area contributed by atoms with Crippen molar-refractivity contribution >= 4 is 51.5 Å². The molecule has 1 fully saturated rings. The van der Waals surface area contributed by atoms with Crippen LogP contribution >= 0.6 is 35.3 Å². The maximum absolute atomic E-state index is 6.02. The maximum Gasteiger partial charge on any atom is 0.194 e. The van der Waals surface area contributed by atoms with Crippen LogP contribution in [0.25, 0.3) is 21.0 Å². The molecule has 2 aromatic heterocycles. The summed E-state index contributed by atoms with van der Waals surface area (Å²) in [5, 5.41) is 4.33. The summed E-state index contributed by atoms with van der Waals surface area (Å²) in [6, 6.07) is 12.1. The molecule has 0 radical (unpaired) electrons. The van der Waals surface area contributed by atoms with E-state index < -0.39 is 0 Å². The molecule has 3 aromatic rings. The van der Waals surface area contributed by atoms with Crippen LogP contribution < -0.4 is 5.32 Å². The van der Waals surface area contributed by atoms with Gasteiger partial charge in [-0.3, -0.25) is 4.99 Å². The first-order valence-electron chi connectivity index (χ1n) is 9.78. The second kappa shape index (κ2) is 10.4. The zero-order chi connectivity index (χ0) is 19.3. The van der Waals surface area contributed by atoms with Crippen molar-refractivity contribution < 1.29 is 9.15 Å². The molecule has 1 aliphatic rings. The molecular weight excluding hydrogens is 499 g/mol. The Balaban J connectivity index is 0.00000240. The van der Waals surface area contributed by atoms with Gasteiger partial charge in [-0.1, -0.05) is 12.1 Å². The summed E-state index contributed by atoms with van der Waals surface area (Å²) in [5.41, 5.74) is 1.01. The fourth-order valence-electron chi connectivity index (χ4n) is 3.53. The third-order valence-electron chi connectivity index (χ3n) is 4.94. The van der Waals surface area contributed by atoms with E-state index in [1.54, 1.807) is 11.3 Å². The lowest BCUT2D eigenvalue weighted by Gasteiger charge is -2.33. The highest BCUT2D eigenvalue weighted by Gasteiger charge is 2.21. The first-order valence-corrected chi connectivity index (χ1v) is 10.6. The molecule has 0 bridgehead atoms. The second-order valence-corrected chi connectivity index (χ2v) is 7.83. The quantitative estimate of drug-likeness (QED) is 0.296. The average Bonchev–Trinajstić information content (AvgIpc) is 3.36. The molecule has 29 heavy (non-hydrogen) atoms. The minimum absolute atomic E-state index is 0. The van der Waals surface area contributed by atoms with Crippen molar-refractivity contribution in [2.24, 2.45) is 4.99 Å². The minimum Gasteiger partial charge on any atom is -0.457 e. The number of likely N-dealkylation sites (tertiary alicyclic amines) is 1. The number of ether oxygens (including phenoxy) is 1. The summed E-state index contributed by atoms with van der Waals surface area (Å²) >= 11 is 1.65. The number of rotatable bonds is 5. The molecule has 0 aliphatic carbocycles. The number of hydrogen-bond acceptors (Lipinski definition) is 5. The van der Waals surface area contributed by atoms with Crippen LogP contribution in [0.15, 0.2) is 45.8 Å². The fraction of sp³-hybridized carbons (Fsp3) is 0.429. The molecular formula is C21H27IN4O2S. The van der Waals surface area contributed by atoms with Crippen LogP contribution in [-0.2, 0) is 11.3 Å². The Kier molecular flexibility index (Phi) is 7.91. The number of aliphatic imine (C=N–C) groups is 1. The second-order valence-electron chi connectivity index (χ2n) is 6.80. The van der Waals surface area contributed by atoms with Crippen LogP contribution in [-0.4, -0.2) is 48.7 Å². The monoisotopic (exact) mass is 526 g/mol. The summed E-state index contributed by atoms with van der Waals surface area (Å²) in [7, 11) is 1.83. The predicted octanol–water partition coefficient (Wildman–Crippen LogP) is 4.75. The standard InChI is InChI=1S/C21H26N4O2S.HI/c1-3-26-15-10-12-25(13-11-15)21(22-2)23-14-16-8-9-18(27-16)20-24-17-6-4-5-7-19(17)28-20;/h4-9,15H,3,10-14H2,1-2H3,(H,22,23);1H. The molecule has 0 atom stereocenters. The van der Waals surface area contributed by atoms with Crippen molar-refractivity contribution in [3.63, 3.8) is 0 Å². The number of benzene rings is 1. The van der Waals surface area contributed by atoms with Crippen molar-refractivity contribution in [3.05, 3.63) is 42.2 Å². The van der Waals surface area contributed by atoms with Gasteiger partial charge in [-0.05, 0) is 44.0 Å². The third-order valence-corrected chi connectivity index (χ3v) is 5.99. The molecule has 0 spiro atoms. The van der Waals surface area contributed by atoms with Crippen molar-refractivity contribution in [1.29, 1.82) is 0 Å². The molecule has 1 aromatic carbocycles. The summed E-state index contributed by atoms with van der Waals surface area (Å²) in [5.74, 6) is 2.60. The topological polar surface area (TPSA) is 62.9 Å². The molecule has 0 saturated carbocycles.